The van der Waals surface area contributed by atoms with Crippen LogP contribution in [0.5, 0.6) is 0 Å². The fourth-order valence-electron chi connectivity index (χ4n) is 2.30. The number of aryl methyl sites for hydroxylation is 1. The number of imidazole rings is 1. The van der Waals surface area contributed by atoms with E-state index in [9.17, 15) is 8.42 Å². The molecule has 1 aliphatic heterocycles. The van der Waals surface area contributed by atoms with Crippen LogP contribution in [-0.4, -0.2) is 37.3 Å². The van der Waals surface area contributed by atoms with E-state index < -0.39 is 10.0 Å². The van der Waals surface area contributed by atoms with Gasteiger partial charge >= 0.3 is 0 Å². The Kier molecular flexibility index (Phi) is 4.04. The number of fused-ring (bicyclic) bond motifs is 1. The highest BCUT2D eigenvalue weighted by molar-refractivity contribution is 7.88. The molecule has 7 heteroatoms. The summed E-state index contributed by atoms with van der Waals surface area (Å²) in [6.07, 6.45) is 3.01. The smallest absolute Gasteiger partial charge is 0.208 e. The van der Waals surface area contributed by atoms with Crippen LogP contribution in [0, 0.1) is 0 Å². The predicted octanol–water partition coefficient (Wildman–Crippen LogP) is -0.360. The molecule has 2 rings (SSSR count). The maximum absolute atomic E-state index is 11.1. The standard InChI is InChI=1S/C11H20N4O2S/c1-3-11-14-9-8-12-5-4-10(9)15(11)7-6-13-18(2,16)17/h12-13H,3-8H2,1-2H3. The molecule has 102 valence electrons. The Bertz CT molecular complexity index is 521. The summed E-state index contributed by atoms with van der Waals surface area (Å²) in [4.78, 5) is 4.61. The van der Waals surface area contributed by atoms with E-state index in [1.807, 2.05) is 0 Å². The number of hydrogen-bond donors (Lipinski definition) is 2. The minimum absolute atomic E-state index is 0.419. The molecule has 1 aromatic heterocycles. The van der Waals surface area contributed by atoms with E-state index in [1.165, 1.54) is 11.9 Å². The van der Waals surface area contributed by atoms with Gasteiger partial charge in [-0.1, -0.05) is 6.92 Å². The van der Waals surface area contributed by atoms with Crippen molar-refractivity contribution in [2.24, 2.45) is 0 Å². The van der Waals surface area contributed by atoms with Gasteiger partial charge in [0.2, 0.25) is 10.0 Å². The Balaban J connectivity index is 2.13. The van der Waals surface area contributed by atoms with Crippen LogP contribution in [-0.2, 0) is 36.0 Å². The number of nitrogens with zero attached hydrogens (tertiary/aromatic N) is 2. The van der Waals surface area contributed by atoms with Crippen LogP contribution >= 0.6 is 0 Å². The first-order valence-electron chi connectivity index (χ1n) is 6.23. The van der Waals surface area contributed by atoms with Crippen LogP contribution in [0.3, 0.4) is 0 Å². The second-order valence-electron chi connectivity index (χ2n) is 4.52. The Hall–Kier alpha value is -0.920. The van der Waals surface area contributed by atoms with Crippen molar-refractivity contribution < 1.29 is 8.42 Å². The van der Waals surface area contributed by atoms with Gasteiger partial charge in [-0.25, -0.2) is 18.1 Å². The molecular weight excluding hydrogens is 252 g/mol. The predicted molar refractivity (Wildman–Crippen MR) is 69.9 cm³/mol. The first-order valence-corrected chi connectivity index (χ1v) is 8.13. The fourth-order valence-corrected chi connectivity index (χ4v) is 2.77. The molecule has 0 saturated heterocycles. The largest absolute Gasteiger partial charge is 0.330 e. The van der Waals surface area contributed by atoms with Gasteiger partial charge in [0.15, 0.2) is 0 Å². The van der Waals surface area contributed by atoms with Crippen molar-refractivity contribution in [3.63, 3.8) is 0 Å². The van der Waals surface area contributed by atoms with Gasteiger partial charge in [0.05, 0.1) is 11.9 Å². The summed E-state index contributed by atoms with van der Waals surface area (Å²) in [6.45, 7) is 4.92. The summed E-state index contributed by atoms with van der Waals surface area (Å²) >= 11 is 0. The Morgan fingerprint density at radius 3 is 2.94 bits per heavy atom. The lowest BCUT2D eigenvalue weighted by atomic mass is 10.2. The average Bonchev–Trinajstić information content (AvgIpc) is 2.66. The zero-order valence-electron chi connectivity index (χ0n) is 10.9. The van der Waals surface area contributed by atoms with E-state index in [0.717, 1.165) is 37.4 Å². The van der Waals surface area contributed by atoms with E-state index in [1.54, 1.807) is 0 Å². The topological polar surface area (TPSA) is 76.0 Å². The summed E-state index contributed by atoms with van der Waals surface area (Å²) in [6, 6.07) is 0. The summed E-state index contributed by atoms with van der Waals surface area (Å²) in [5.74, 6) is 1.04. The van der Waals surface area contributed by atoms with Crippen molar-refractivity contribution in [2.45, 2.75) is 32.9 Å². The van der Waals surface area contributed by atoms with Gasteiger partial charge in [-0.15, -0.1) is 0 Å². The number of nitrogens with one attached hydrogen (secondary N) is 2. The third kappa shape index (κ3) is 3.09. The van der Waals surface area contributed by atoms with E-state index in [0.29, 0.717) is 13.1 Å². The Morgan fingerprint density at radius 1 is 1.50 bits per heavy atom. The lowest BCUT2D eigenvalue weighted by Crippen LogP contribution is -2.29. The van der Waals surface area contributed by atoms with Crippen molar-refractivity contribution in [2.75, 3.05) is 19.3 Å². The number of sulfonamides is 1. The molecule has 0 aliphatic carbocycles. The molecule has 2 N–H and O–H groups in total. The van der Waals surface area contributed by atoms with E-state index in [2.05, 4.69) is 26.5 Å². The highest BCUT2D eigenvalue weighted by Gasteiger charge is 2.18. The van der Waals surface area contributed by atoms with Crippen molar-refractivity contribution in [1.29, 1.82) is 0 Å². The SMILES string of the molecule is CCc1nc2c(n1CCNS(C)(=O)=O)CCNC2. The molecule has 0 atom stereocenters. The van der Waals surface area contributed by atoms with E-state index >= 15 is 0 Å². The van der Waals surface area contributed by atoms with Crippen molar-refractivity contribution in [1.82, 2.24) is 19.6 Å². The highest BCUT2D eigenvalue weighted by atomic mass is 32.2. The molecule has 0 fully saturated rings. The molecular formula is C11H20N4O2S. The number of rotatable bonds is 5. The van der Waals surface area contributed by atoms with Crippen molar-refractivity contribution >= 4 is 10.0 Å². The molecule has 1 aliphatic rings. The van der Waals surface area contributed by atoms with Crippen molar-refractivity contribution in [3.8, 4) is 0 Å². The molecule has 0 bridgehead atoms. The Morgan fingerprint density at radius 2 is 2.28 bits per heavy atom. The first-order chi connectivity index (χ1) is 8.51. The highest BCUT2D eigenvalue weighted by Crippen LogP contribution is 2.16. The van der Waals surface area contributed by atoms with E-state index in [-0.39, 0.29) is 0 Å². The molecule has 0 spiro atoms. The summed E-state index contributed by atoms with van der Waals surface area (Å²) in [5, 5.41) is 3.30. The molecule has 0 unspecified atom stereocenters. The maximum Gasteiger partial charge on any atom is 0.208 e. The zero-order valence-corrected chi connectivity index (χ0v) is 11.7. The molecule has 0 radical (unpaired) electrons. The van der Waals surface area contributed by atoms with Crippen LogP contribution < -0.4 is 10.0 Å². The van der Waals surface area contributed by atoms with Gasteiger partial charge in [-0.05, 0) is 0 Å². The quantitative estimate of drug-likeness (QED) is 0.767. The third-order valence-electron chi connectivity index (χ3n) is 3.08. The molecule has 2 heterocycles. The van der Waals surface area contributed by atoms with Gasteiger partial charge in [0, 0.05) is 44.7 Å². The molecule has 0 saturated carbocycles. The van der Waals surface area contributed by atoms with Gasteiger partial charge in [-0.2, -0.15) is 0 Å². The van der Waals surface area contributed by atoms with Gasteiger partial charge in [0.25, 0.3) is 0 Å². The normalized spacial score (nSPS) is 15.7. The molecule has 6 nitrogen and oxygen atoms in total. The lowest BCUT2D eigenvalue weighted by molar-refractivity contribution is 0.557. The minimum atomic E-state index is -3.11. The van der Waals surface area contributed by atoms with Crippen molar-refractivity contribution in [3.05, 3.63) is 17.2 Å². The minimum Gasteiger partial charge on any atom is -0.330 e. The monoisotopic (exact) mass is 272 g/mol. The first kappa shape index (κ1) is 13.5. The molecule has 18 heavy (non-hydrogen) atoms. The third-order valence-corrected chi connectivity index (χ3v) is 3.81. The summed E-state index contributed by atoms with van der Waals surface area (Å²) in [7, 11) is -3.11. The summed E-state index contributed by atoms with van der Waals surface area (Å²) < 4.78 is 26.8. The van der Waals surface area contributed by atoms with Crippen LogP contribution in [0.2, 0.25) is 0 Å². The molecule has 0 aromatic carbocycles. The Labute approximate surface area is 108 Å². The lowest BCUT2D eigenvalue weighted by Gasteiger charge is -2.16. The second-order valence-corrected chi connectivity index (χ2v) is 6.35. The summed E-state index contributed by atoms with van der Waals surface area (Å²) in [5.41, 5.74) is 2.36. The zero-order chi connectivity index (χ0) is 13.2. The van der Waals surface area contributed by atoms with E-state index in [4.69, 9.17) is 0 Å². The van der Waals surface area contributed by atoms with Gasteiger partial charge in [0.1, 0.15) is 5.82 Å². The molecule has 1 aromatic rings. The second kappa shape index (κ2) is 5.38. The fraction of sp³-hybridized carbons (Fsp3) is 0.727. The maximum atomic E-state index is 11.1. The number of aromatic nitrogens is 2. The van der Waals surface area contributed by atoms with Crippen LogP contribution in [0.15, 0.2) is 0 Å². The van der Waals surface area contributed by atoms with Crippen LogP contribution in [0.1, 0.15) is 24.1 Å². The number of hydrogen-bond acceptors (Lipinski definition) is 4. The average molecular weight is 272 g/mol. The van der Waals surface area contributed by atoms with Crippen LogP contribution in [0.4, 0.5) is 0 Å². The van der Waals surface area contributed by atoms with Crippen LogP contribution in [0.25, 0.3) is 0 Å². The van der Waals surface area contributed by atoms with Gasteiger partial charge < -0.3 is 9.88 Å². The van der Waals surface area contributed by atoms with Gasteiger partial charge in [-0.3, -0.25) is 0 Å². The molecule has 0 amide bonds.